The summed E-state index contributed by atoms with van der Waals surface area (Å²) in [5, 5.41) is 0. The number of ether oxygens (including phenoxy) is 2. The van der Waals surface area contributed by atoms with Gasteiger partial charge in [0.15, 0.2) is 6.10 Å². The van der Waals surface area contributed by atoms with Gasteiger partial charge in [0.25, 0.3) is 0 Å². The zero-order valence-electron chi connectivity index (χ0n) is 11.9. The van der Waals surface area contributed by atoms with Crippen molar-refractivity contribution in [1.29, 1.82) is 0 Å². The van der Waals surface area contributed by atoms with E-state index in [2.05, 4.69) is 0 Å². The summed E-state index contributed by atoms with van der Waals surface area (Å²) in [6, 6.07) is 8.71. The molecule has 0 radical (unpaired) electrons. The van der Waals surface area contributed by atoms with E-state index in [9.17, 15) is 9.59 Å². The second kappa shape index (κ2) is 5.94. The largest absolute Gasteiger partial charge is 0.458 e. The Kier molecular flexibility index (Phi) is 4.27. The van der Waals surface area contributed by atoms with Gasteiger partial charge in [0.05, 0.1) is 11.6 Å². The van der Waals surface area contributed by atoms with Crippen molar-refractivity contribution in [3.63, 3.8) is 0 Å². The molecule has 1 fully saturated rings. The van der Waals surface area contributed by atoms with Gasteiger partial charge in [0.1, 0.15) is 6.61 Å². The van der Waals surface area contributed by atoms with E-state index in [0.717, 1.165) is 0 Å². The zero-order valence-corrected chi connectivity index (χ0v) is 11.9. The molecule has 0 saturated carbocycles. The first kappa shape index (κ1) is 14.4. The zero-order chi connectivity index (χ0) is 14.7. The SMILES string of the molecule is CC(C)N1C(=O)OC(COC(=O)c2ccccc2)[C@@H]1C. The first-order valence-electron chi connectivity index (χ1n) is 6.72. The molecular formula is C15H19NO4. The number of esters is 1. The molecule has 0 bridgehead atoms. The van der Waals surface area contributed by atoms with Crippen LogP contribution in [0.1, 0.15) is 31.1 Å². The van der Waals surface area contributed by atoms with Gasteiger partial charge in [-0.1, -0.05) is 18.2 Å². The summed E-state index contributed by atoms with van der Waals surface area (Å²) in [7, 11) is 0. The predicted octanol–water partition coefficient (Wildman–Crippen LogP) is 2.46. The Labute approximate surface area is 118 Å². The molecular weight excluding hydrogens is 258 g/mol. The minimum atomic E-state index is -0.419. The molecule has 1 amide bonds. The second-order valence-electron chi connectivity index (χ2n) is 5.13. The molecule has 1 unspecified atom stereocenters. The molecule has 0 N–H and O–H groups in total. The van der Waals surface area contributed by atoms with Crippen LogP contribution in [-0.2, 0) is 9.47 Å². The number of carbonyl (C=O) groups is 2. The van der Waals surface area contributed by atoms with Crippen LogP contribution in [0.4, 0.5) is 4.79 Å². The van der Waals surface area contributed by atoms with Gasteiger partial charge in [-0.2, -0.15) is 0 Å². The van der Waals surface area contributed by atoms with Crippen LogP contribution >= 0.6 is 0 Å². The number of hydrogen-bond acceptors (Lipinski definition) is 4. The standard InChI is InChI=1S/C15H19NO4/c1-10(2)16-11(3)13(20-15(16)18)9-19-14(17)12-7-5-4-6-8-12/h4-8,10-11,13H,9H2,1-3H3/t11-,13?/m0/s1. The van der Waals surface area contributed by atoms with Crippen molar-refractivity contribution in [1.82, 2.24) is 4.90 Å². The van der Waals surface area contributed by atoms with Crippen LogP contribution in [0.5, 0.6) is 0 Å². The lowest BCUT2D eigenvalue weighted by Gasteiger charge is -2.24. The Morgan fingerprint density at radius 3 is 2.55 bits per heavy atom. The summed E-state index contributed by atoms with van der Waals surface area (Å²) < 4.78 is 10.5. The van der Waals surface area contributed by atoms with Gasteiger partial charge >= 0.3 is 12.1 Å². The van der Waals surface area contributed by atoms with Crippen LogP contribution in [0, 0.1) is 0 Å². The first-order valence-corrected chi connectivity index (χ1v) is 6.72. The van der Waals surface area contributed by atoms with Gasteiger partial charge in [-0.05, 0) is 32.9 Å². The number of benzene rings is 1. The molecule has 108 valence electrons. The fourth-order valence-corrected chi connectivity index (χ4v) is 2.30. The van der Waals surface area contributed by atoms with Crippen molar-refractivity contribution < 1.29 is 19.1 Å². The summed E-state index contributed by atoms with van der Waals surface area (Å²) in [6.45, 7) is 5.82. The Hall–Kier alpha value is -2.04. The highest BCUT2D eigenvalue weighted by Crippen LogP contribution is 2.22. The highest BCUT2D eigenvalue weighted by molar-refractivity contribution is 5.89. The summed E-state index contributed by atoms with van der Waals surface area (Å²) >= 11 is 0. The monoisotopic (exact) mass is 277 g/mol. The van der Waals surface area contributed by atoms with Gasteiger partial charge in [0, 0.05) is 6.04 Å². The lowest BCUT2D eigenvalue weighted by atomic mass is 10.1. The molecule has 2 atom stereocenters. The molecule has 0 spiro atoms. The van der Waals surface area contributed by atoms with E-state index in [-0.39, 0.29) is 24.8 Å². The molecule has 1 saturated heterocycles. The van der Waals surface area contributed by atoms with E-state index in [4.69, 9.17) is 9.47 Å². The fourth-order valence-electron chi connectivity index (χ4n) is 2.30. The van der Waals surface area contributed by atoms with Gasteiger partial charge < -0.3 is 9.47 Å². The minimum Gasteiger partial charge on any atom is -0.458 e. The molecule has 1 heterocycles. The molecule has 0 aromatic heterocycles. The third kappa shape index (κ3) is 2.92. The number of cyclic esters (lactones) is 1. The van der Waals surface area contributed by atoms with Gasteiger partial charge in [-0.15, -0.1) is 0 Å². The van der Waals surface area contributed by atoms with E-state index in [1.807, 2.05) is 26.8 Å². The van der Waals surface area contributed by atoms with Crippen molar-refractivity contribution in [2.45, 2.75) is 39.0 Å². The van der Waals surface area contributed by atoms with Crippen LogP contribution < -0.4 is 0 Å². The lowest BCUT2D eigenvalue weighted by molar-refractivity contribution is 0.0256. The van der Waals surface area contributed by atoms with Crippen molar-refractivity contribution in [3.8, 4) is 0 Å². The average Bonchev–Trinajstić information content (AvgIpc) is 2.71. The number of hydrogen-bond donors (Lipinski definition) is 0. The smallest absolute Gasteiger partial charge is 0.410 e. The van der Waals surface area contributed by atoms with Crippen LogP contribution in [0.25, 0.3) is 0 Å². The lowest BCUT2D eigenvalue weighted by Crippen LogP contribution is -2.40. The molecule has 1 aromatic rings. The fraction of sp³-hybridized carbons (Fsp3) is 0.467. The summed E-state index contributed by atoms with van der Waals surface area (Å²) in [4.78, 5) is 25.2. The Morgan fingerprint density at radius 1 is 1.35 bits per heavy atom. The maximum absolute atomic E-state index is 11.8. The number of amides is 1. The van der Waals surface area contributed by atoms with E-state index in [1.54, 1.807) is 29.2 Å². The topological polar surface area (TPSA) is 55.8 Å². The van der Waals surface area contributed by atoms with Crippen LogP contribution in [-0.4, -0.2) is 41.8 Å². The van der Waals surface area contributed by atoms with E-state index >= 15 is 0 Å². The summed E-state index contributed by atoms with van der Waals surface area (Å²) in [6.07, 6.45) is -0.772. The maximum Gasteiger partial charge on any atom is 0.410 e. The van der Waals surface area contributed by atoms with Crippen molar-refractivity contribution in [3.05, 3.63) is 35.9 Å². The van der Waals surface area contributed by atoms with Gasteiger partial charge in [0.2, 0.25) is 0 Å². The average molecular weight is 277 g/mol. The molecule has 1 aliphatic rings. The molecule has 5 heteroatoms. The summed E-state index contributed by atoms with van der Waals surface area (Å²) in [5.41, 5.74) is 0.491. The molecule has 1 aromatic carbocycles. The first-order chi connectivity index (χ1) is 9.50. The number of nitrogens with zero attached hydrogens (tertiary/aromatic N) is 1. The quantitative estimate of drug-likeness (QED) is 0.793. The van der Waals surface area contributed by atoms with Crippen LogP contribution in [0.15, 0.2) is 30.3 Å². The second-order valence-corrected chi connectivity index (χ2v) is 5.13. The minimum absolute atomic E-state index is 0.0623. The molecule has 1 aliphatic heterocycles. The van der Waals surface area contributed by atoms with Crippen LogP contribution in [0.3, 0.4) is 0 Å². The van der Waals surface area contributed by atoms with Crippen LogP contribution in [0.2, 0.25) is 0 Å². The molecule has 2 rings (SSSR count). The van der Waals surface area contributed by atoms with Gasteiger partial charge in [-0.25, -0.2) is 9.59 Å². The van der Waals surface area contributed by atoms with E-state index < -0.39 is 12.1 Å². The highest BCUT2D eigenvalue weighted by Gasteiger charge is 2.40. The van der Waals surface area contributed by atoms with Crippen molar-refractivity contribution >= 4 is 12.1 Å². The molecule has 0 aliphatic carbocycles. The summed E-state index contributed by atoms with van der Waals surface area (Å²) in [5.74, 6) is -0.406. The van der Waals surface area contributed by atoms with Gasteiger partial charge in [-0.3, -0.25) is 4.90 Å². The number of rotatable bonds is 4. The van der Waals surface area contributed by atoms with Crippen molar-refractivity contribution in [2.75, 3.05) is 6.61 Å². The normalized spacial score (nSPS) is 22.0. The molecule has 5 nitrogen and oxygen atoms in total. The van der Waals surface area contributed by atoms with Crippen molar-refractivity contribution in [2.24, 2.45) is 0 Å². The highest BCUT2D eigenvalue weighted by atomic mass is 16.6. The third-order valence-corrected chi connectivity index (χ3v) is 3.38. The Bertz CT molecular complexity index is 486. The third-order valence-electron chi connectivity index (χ3n) is 3.38. The van der Waals surface area contributed by atoms with E-state index in [0.29, 0.717) is 5.56 Å². The Balaban J connectivity index is 1.92. The maximum atomic E-state index is 11.8. The number of carbonyl (C=O) groups excluding carboxylic acids is 2. The van der Waals surface area contributed by atoms with E-state index in [1.165, 1.54) is 0 Å². The Morgan fingerprint density at radius 2 is 2.00 bits per heavy atom. The predicted molar refractivity (Wildman–Crippen MR) is 73.4 cm³/mol. The molecule has 20 heavy (non-hydrogen) atoms.